The van der Waals surface area contributed by atoms with E-state index in [1.54, 1.807) is 24.3 Å². The van der Waals surface area contributed by atoms with Gasteiger partial charge in [-0.25, -0.2) is 4.79 Å². The Labute approximate surface area is 178 Å². The molecule has 2 atom stereocenters. The number of allylic oxidation sites excluding steroid dienone is 1. The molecule has 30 heavy (non-hydrogen) atoms. The van der Waals surface area contributed by atoms with Crippen LogP contribution in [0.15, 0.2) is 46.8 Å². The predicted molar refractivity (Wildman–Crippen MR) is 111 cm³/mol. The molecule has 9 heteroatoms. The smallest absolute Gasteiger partial charge is 0.326 e. The monoisotopic (exact) mass is 434 g/mol. The van der Waals surface area contributed by atoms with Gasteiger partial charge in [-0.2, -0.15) is 0 Å². The molecule has 2 heterocycles. The van der Waals surface area contributed by atoms with Gasteiger partial charge in [-0.3, -0.25) is 0 Å². The van der Waals surface area contributed by atoms with Crippen molar-refractivity contribution in [1.29, 1.82) is 0 Å². The number of aryl methyl sites for hydroxylation is 1. The van der Waals surface area contributed by atoms with Gasteiger partial charge in [-0.15, -0.1) is 0 Å². The van der Waals surface area contributed by atoms with Crippen LogP contribution in [-0.2, 0) is 14.3 Å². The second kappa shape index (κ2) is 9.34. The molecule has 3 rings (SSSR count). The molecule has 2 aromatic rings. The number of carbonyl (C=O) groups is 1. The molecule has 1 aromatic heterocycles. The third-order valence-corrected chi connectivity index (χ3v) is 5.01. The average molecular weight is 435 g/mol. The van der Waals surface area contributed by atoms with E-state index >= 15 is 0 Å². The Morgan fingerprint density at radius 3 is 2.70 bits per heavy atom. The number of hydrogen-bond donors (Lipinski definition) is 2. The van der Waals surface area contributed by atoms with Gasteiger partial charge in [0.15, 0.2) is 5.76 Å². The van der Waals surface area contributed by atoms with Gasteiger partial charge in [-0.05, 0) is 36.8 Å². The van der Waals surface area contributed by atoms with Crippen LogP contribution >= 0.6 is 11.6 Å². The van der Waals surface area contributed by atoms with E-state index in [1.807, 2.05) is 6.92 Å². The lowest BCUT2D eigenvalue weighted by Crippen LogP contribution is -2.45. The minimum atomic E-state index is -1.19. The van der Waals surface area contributed by atoms with Gasteiger partial charge < -0.3 is 29.1 Å². The number of halogens is 1. The van der Waals surface area contributed by atoms with Crippen molar-refractivity contribution in [3.8, 4) is 11.3 Å². The molecule has 8 nitrogen and oxygen atoms in total. The maximum absolute atomic E-state index is 11.7. The summed E-state index contributed by atoms with van der Waals surface area (Å²) in [5.74, 6) is -0.158. The summed E-state index contributed by atoms with van der Waals surface area (Å²) in [4.78, 5) is 13.1. The molecule has 0 bridgehead atoms. The molecule has 0 fully saturated rings. The van der Waals surface area contributed by atoms with Crippen molar-refractivity contribution in [1.82, 2.24) is 10.1 Å². The number of aromatic nitrogens is 1. The molecule has 2 unspecified atom stereocenters. The highest BCUT2D eigenvalue weighted by atomic mass is 35.5. The minimum absolute atomic E-state index is 0.194. The first kappa shape index (κ1) is 21.9. The number of aliphatic carboxylic acids is 1. The average Bonchev–Trinajstić information content (AvgIpc) is 3.14. The Morgan fingerprint density at radius 1 is 1.33 bits per heavy atom. The number of benzene rings is 1. The number of methoxy groups -OCH3 is 2. The van der Waals surface area contributed by atoms with Crippen molar-refractivity contribution in [2.24, 2.45) is 0 Å². The van der Waals surface area contributed by atoms with Gasteiger partial charge in [-0.1, -0.05) is 16.8 Å². The summed E-state index contributed by atoms with van der Waals surface area (Å²) in [6.45, 7) is 2.05. The molecule has 160 valence electrons. The lowest BCUT2D eigenvalue weighted by atomic mass is 9.94. The summed E-state index contributed by atoms with van der Waals surface area (Å²) >= 11 is 6.24. The number of nitrogens with zero attached hydrogens (tertiary/aromatic N) is 2. The second-order valence-electron chi connectivity index (χ2n) is 6.80. The Balaban J connectivity index is 2.05. The normalized spacial score (nSPS) is 17.4. The summed E-state index contributed by atoms with van der Waals surface area (Å²) in [5, 5.41) is 24.8. The number of aliphatic hydroxyl groups is 1. The van der Waals surface area contributed by atoms with Crippen molar-refractivity contribution in [2.75, 3.05) is 20.8 Å². The molecule has 0 aliphatic carbocycles. The predicted octanol–water partition coefficient (Wildman–Crippen LogP) is 3.30. The van der Waals surface area contributed by atoms with Crippen LogP contribution in [0.3, 0.4) is 0 Å². The van der Waals surface area contributed by atoms with E-state index in [2.05, 4.69) is 5.16 Å². The number of ether oxygens (including phenoxy) is 2. The lowest BCUT2D eigenvalue weighted by molar-refractivity contribution is -0.145. The molecule has 1 aliphatic heterocycles. The molecule has 0 amide bonds. The van der Waals surface area contributed by atoms with E-state index in [9.17, 15) is 15.0 Å². The van der Waals surface area contributed by atoms with Crippen molar-refractivity contribution in [3.63, 3.8) is 0 Å². The third kappa shape index (κ3) is 4.51. The highest BCUT2D eigenvalue weighted by Gasteiger charge is 2.32. The topological polar surface area (TPSA) is 105 Å². The van der Waals surface area contributed by atoms with Crippen molar-refractivity contribution < 1.29 is 29.0 Å². The third-order valence-electron chi connectivity index (χ3n) is 4.78. The van der Waals surface area contributed by atoms with Gasteiger partial charge >= 0.3 is 5.97 Å². The van der Waals surface area contributed by atoms with Crippen LogP contribution in [0, 0.1) is 6.92 Å². The minimum Gasteiger partial charge on any atom is -0.495 e. The van der Waals surface area contributed by atoms with Crippen molar-refractivity contribution in [3.05, 3.63) is 58.6 Å². The number of rotatable bonds is 8. The first-order valence-corrected chi connectivity index (χ1v) is 9.62. The Bertz CT molecular complexity index is 984. The summed E-state index contributed by atoms with van der Waals surface area (Å²) < 4.78 is 15.9. The fraction of sp³-hybridized carbons (Fsp3) is 0.333. The first-order chi connectivity index (χ1) is 14.3. The summed E-state index contributed by atoms with van der Waals surface area (Å²) in [6.07, 6.45) is 2.02. The fourth-order valence-corrected chi connectivity index (χ4v) is 3.50. The van der Waals surface area contributed by atoms with Gasteiger partial charge in [0.2, 0.25) is 0 Å². The fourth-order valence-electron chi connectivity index (χ4n) is 3.33. The first-order valence-electron chi connectivity index (χ1n) is 9.24. The van der Waals surface area contributed by atoms with Crippen LogP contribution in [0.25, 0.3) is 16.9 Å². The quantitative estimate of drug-likeness (QED) is 0.652. The molecule has 0 spiro atoms. The number of aliphatic hydroxyl groups excluding tert-OH is 1. The maximum Gasteiger partial charge on any atom is 0.326 e. The Hall–Kier alpha value is -2.81. The van der Waals surface area contributed by atoms with Crippen molar-refractivity contribution in [2.45, 2.75) is 25.6 Å². The molecule has 0 radical (unpaired) electrons. The molecular formula is C21H23ClN2O6. The van der Waals surface area contributed by atoms with Crippen molar-refractivity contribution >= 4 is 23.1 Å². The van der Waals surface area contributed by atoms with Gasteiger partial charge in [0.1, 0.15) is 18.0 Å². The zero-order valence-corrected chi connectivity index (χ0v) is 17.6. The van der Waals surface area contributed by atoms with Crippen LogP contribution in [0.5, 0.6) is 0 Å². The summed E-state index contributed by atoms with van der Waals surface area (Å²) in [6, 6.07) is 6.06. The standard InChI is InChI=1S/C21H23ClN2O6/c1-12-8-18(30-23-12)14-5-4-13(22)9-15(14)16-10-20(25)24(11-19(16)29-3)17(21(26)27)6-7-28-2/h4-5,8-11,17,20,25H,6-7H2,1-3H3,(H,26,27). The zero-order chi connectivity index (χ0) is 21.8. The van der Waals surface area contributed by atoms with Crippen LogP contribution in [0.4, 0.5) is 0 Å². The van der Waals surface area contributed by atoms with E-state index < -0.39 is 18.2 Å². The van der Waals surface area contributed by atoms with E-state index in [1.165, 1.54) is 31.4 Å². The summed E-state index contributed by atoms with van der Waals surface area (Å²) in [5.41, 5.74) is 2.65. The molecule has 0 saturated carbocycles. The molecule has 1 aromatic carbocycles. The number of carboxylic acid groups (broad SMARTS) is 1. The van der Waals surface area contributed by atoms with E-state index in [4.69, 9.17) is 25.6 Å². The largest absolute Gasteiger partial charge is 0.495 e. The number of hydrogen-bond acceptors (Lipinski definition) is 7. The SMILES string of the molecule is COCCC(C(=O)O)N1C=C(OC)C(c2cc(Cl)ccc2-c2cc(C)no2)=CC1O. The van der Waals surface area contributed by atoms with E-state index in [0.717, 1.165) is 5.69 Å². The Morgan fingerprint density at radius 2 is 2.10 bits per heavy atom. The lowest BCUT2D eigenvalue weighted by Gasteiger charge is -2.35. The zero-order valence-electron chi connectivity index (χ0n) is 16.8. The van der Waals surface area contributed by atoms with Gasteiger partial charge in [0.25, 0.3) is 0 Å². The summed E-state index contributed by atoms with van der Waals surface area (Å²) in [7, 11) is 2.97. The number of carboxylic acids is 1. The van der Waals surface area contributed by atoms with Gasteiger partial charge in [0.05, 0.1) is 12.8 Å². The van der Waals surface area contributed by atoms with Crippen LogP contribution < -0.4 is 0 Å². The van der Waals surface area contributed by atoms with E-state index in [0.29, 0.717) is 33.2 Å². The van der Waals surface area contributed by atoms with Crippen LogP contribution in [-0.4, -0.2) is 59.3 Å². The van der Waals surface area contributed by atoms with E-state index in [-0.39, 0.29) is 13.0 Å². The highest BCUT2D eigenvalue weighted by molar-refractivity contribution is 6.31. The van der Waals surface area contributed by atoms with Gasteiger partial charge in [0, 0.05) is 48.6 Å². The molecule has 2 N–H and O–H groups in total. The highest BCUT2D eigenvalue weighted by Crippen LogP contribution is 2.38. The second-order valence-corrected chi connectivity index (χ2v) is 7.23. The maximum atomic E-state index is 11.7. The van der Waals surface area contributed by atoms with Crippen LogP contribution in [0.2, 0.25) is 5.02 Å². The van der Waals surface area contributed by atoms with Crippen LogP contribution in [0.1, 0.15) is 17.7 Å². The Kier molecular flexibility index (Phi) is 6.81. The molecular weight excluding hydrogens is 412 g/mol. The molecule has 1 aliphatic rings. The molecule has 0 saturated heterocycles.